The van der Waals surface area contributed by atoms with Crippen LogP contribution in [-0.4, -0.2) is 48.0 Å². The van der Waals surface area contributed by atoms with Crippen LogP contribution in [0.3, 0.4) is 0 Å². The van der Waals surface area contributed by atoms with Gasteiger partial charge in [0.05, 0.1) is 18.3 Å². The van der Waals surface area contributed by atoms with Gasteiger partial charge in [-0.1, -0.05) is 23.7 Å². The number of morpholine rings is 1. The minimum absolute atomic E-state index is 0.0206. The quantitative estimate of drug-likeness (QED) is 0.890. The molecular weight excluding hydrogens is 276 g/mol. The average molecular weight is 299 g/mol. The largest absolute Gasteiger partial charge is 0.394 e. The average Bonchev–Trinajstić information content (AvgIpc) is 2.38. The van der Waals surface area contributed by atoms with Gasteiger partial charge >= 0.3 is 0 Å². The molecule has 0 aromatic heterocycles. The minimum Gasteiger partial charge on any atom is -0.394 e. The highest BCUT2D eigenvalue weighted by Gasteiger charge is 2.36. The zero-order valence-electron chi connectivity index (χ0n) is 12.1. The standard InChI is InChI=1S/C15H23ClN2O2/c1-15(2)10-18(8-13(9-19)20-15)14(7-17)11-4-3-5-12(16)6-11/h3-6,13-14,19H,7-10,17H2,1-2H3. The molecule has 2 atom stereocenters. The van der Waals surface area contributed by atoms with Gasteiger partial charge in [0.1, 0.15) is 0 Å². The van der Waals surface area contributed by atoms with Crippen LogP contribution in [0.2, 0.25) is 5.02 Å². The van der Waals surface area contributed by atoms with Crippen molar-refractivity contribution in [2.45, 2.75) is 31.6 Å². The SMILES string of the molecule is CC1(C)CN(C(CN)c2cccc(Cl)c2)CC(CO)O1. The summed E-state index contributed by atoms with van der Waals surface area (Å²) in [5, 5.41) is 10.1. The van der Waals surface area contributed by atoms with E-state index in [1.54, 1.807) is 0 Å². The number of hydrogen-bond donors (Lipinski definition) is 2. The summed E-state index contributed by atoms with van der Waals surface area (Å²) in [4.78, 5) is 2.27. The van der Waals surface area contributed by atoms with Crippen LogP contribution >= 0.6 is 11.6 Å². The van der Waals surface area contributed by atoms with Gasteiger partial charge in [-0.2, -0.15) is 0 Å². The first kappa shape index (κ1) is 15.7. The molecule has 0 radical (unpaired) electrons. The molecule has 2 unspecified atom stereocenters. The third kappa shape index (κ3) is 3.71. The van der Waals surface area contributed by atoms with Crippen LogP contribution in [0.15, 0.2) is 24.3 Å². The van der Waals surface area contributed by atoms with E-state index in [9.17, 15) is 5.11 Å². The second-order valence-corrected chi connectivity index (χ2v) is 6.35. The first-order chi connectivity index (χ1) is 9.45. The van der Waals surface area contributed by atoms with E-state index in [2.05, 4.69) is 4.90 Å². The number of nitrogens with two attached hydrogens (primary N) is 1. The van der Waals surface area contributed by atoms with E-state index in [0.717, 1.165) is 12.1 Å². The van der Waals surface area contributed by atoms with Gasteiger partial charge in [0.2, 0.25) is 0 Å². The molecule has 0 saturated carbocycles. The molecule has 3 N–H and O–H groups in total. The summed E-state index contributed by atoms with van der Waals surface area (Å²) in [5.74, 6) is 0. The number of rotatable bonds is 4. The molecule has 0 spiro atoms. The molecule has 1 fully saturated rings. The molecule has 0 aliphatic carbocycles. The minimum atomic E-state index is -0.294. The van der Waals surface area contributed by atoms with Crippen molar-refractivity contribution in [2.75, 3.05) is 26.2 Å². The van der Waals surface area contributed by atoms with Crippen LogP contribution < -0.4 is 5.73 Å². The smallest absolute Gasteiger partial charge is 0.0940 e. The Morgan fingerprint density at radius 1 is 1.55 bits per heavy atom. The third-order valence-corrected chi connectivity index (χ3v) is 3.84. The lowest BCUT2D eigenvalue weighted by molar-refractivity contribution is -0.156. The Bertz CT molecular complexity index is 453. The monoisotopic (exact) mass is 298 g/mol. The maximum atomic E-state index is 9.41. The van der Waals surface area contributed by atoms with Crippen LogP contribution in [0.5, 0.6) is 0 Å². The van der Waals surface area contributed by atoms with Gasteiger partial charge < -0.3 is 15.6 Å². The van der Waals surface area contributed by atoms with Crippen molar-refractivity contribution in [3.63, 3.8) is 0 Å². The molecule has 2 rings (SSSR count). The molecule has 112 valence electrons. The fourth-order valence-electron chi connectivity index (χ4n) is 2.88. The Labute approximate surface area is 125 Å². The Morgan fingerprint density at radius 2 is 2.30 bits per heavy atom. The summed E-state index contributed by atoms with van der Waals surface area (Å²) in [5.41, 5.74) is 6.79. The Morgan fingerprint density at radius 3 is 2.90 bits per heavy atom. The highest BCUT2D eigenvalue weighted by molar-refractivity contribution is 6.30. The molecule has 5 heteroatoms. The maximum absolute atomic E-state index is 9.41. The van der Waals surface area contributed by atoms with Gasteiger partial charge in [0.25, 0.3) is 0 Å². The molecule has 1 aromatic carbocycles. The van der Waals surface area contributed by atoms with Crippen molar-refractivity contribution >= 4 is 11.6 Å². The van der Waals surface area contributed by atoms with E-state index < -0.39 is 0 Å². The fraction of sp³-hybridized carbons (Fsp3) is 0.600. The van der Waals surface area contributed by atoms with Crippen molar-refractivity contribution in [2.24, 2.45) is 5.73 Å². The Hall–Kier alpha value is -0.650. The number of aliphatic hydroxyl groups excluding tert-OH is 1. The summed E-state index contributed by atoms with van der Waals surface area (Å²) < 4.78 is 5.85. The van der Waals surface area contributed by atoms with Crippen molar-refractivity contribution < 1.29 is 9.84 Å². The number of hydrogen-bond acceptors (Lipinski definition) is 4. The topological polar surface area (TPSA) is 58.7 Å². The maximum Gasteiger partial charge on any atom is 0.0940 e. The highest BCUT2D eigenvalue weighted by Crippen LogP contribution is 2.29. The Kier molecular flexibility index (Phi) is 5.04. The molecule has 0 bridgehead atoms. The molecule has 1 aliphatic rings. The summed E-state index contributed by atoms with van der Waals surface area (Å²) in [6.07, 6.45) is -0.174. The van der Waals surface area contributed by atoms with Crippen molar-refractivity contribution in [1.29, 1.82) is 0 Å². The molecule has 4 nitrogen and oxygen atoms in total. The van der Waals surface area contributed by atoms with Crippen molar-refractivity contribution in [3.8, 4) is 0 Å². The van der Waals surface area contributed by atoms with E-state index in [0.29, 0.717) is 18.1 Å². The highest BCUT2D eigenvalue weighted by atomic mass is 35.5. The third-order valence-electron chi connectivity index (χ3n) is 3.61. The lowest BCUT2D eigenvalue weighted by Gasteiger charge is -2.45. The van der Waals surface area contributed by atoms with Crippen LogP contribution in [0.1, 0.15) is 25.5 Å². The van der Waals surface area contributed by atoms with Crippen LogP contribution in [0.4, 0.5) is 0 Å². The molecule has 20 heavy (non-hydrogen) atoms. The van der Waals surface area contributed by atoms with Gasteiger partial charge in [0, 0.05) is 30.7 Å². The van der Waals surface area contributed by atoms with Gasteiger partial charge in [-0.05, 0) is 31.5 Å². The summed E-state index contributed by atoms with van der Waals surface area (Å²) in [6.45, 7) is 6.05. The number of nitrogens with zero attached hydrogens (tertiary/aromatic N) is 1. The summed E-state index contributed by atoms with van der Waals surface area (Å²) >= 11 is 6.07. The Balaban J connectivity index is 2.22. The molecule has 1 aliphatic heterocycles. The summed E-state index contributed by atoms with van der Waals surface area (Å²) in [7, 11) is 0. The van der Waals surface area contributed by atoms with Crippen molar-refractivity contribution in [1.82, 2.24) is 4.90 Å². The van der Waals surface area contributed by atoms with E-state index in [4.69, 9.17) is 22.1 Å². The predicted molar refractivity (Wildman–Crippen MR) is 80.9 cm³/mol. The zero-order valence-corrected chi connectivity index (χ0v) is 12.8. The molecule has 0 amide bonds. The van der Waals surface area contributed by atoms with Crippen LogP contribution in [0.25, 0.3) is 0 Å². The number of aliphatic hydroxyl groups is 1. The number of halogens is 1. The van der Waals surface area contributed by atoms with E-state index in [1.165, 1.54) is 0 Å². The lowest BCUT2D eigenvalue weighted by Crippen LogP contribution is -2.55. The van der Waals surface area contributed by atoms with Crippen LogP contribution in [-0.2, 0) is 4.74 Å². The second kappa shape index (κ2) is 6.41. The predicted octanol–water partition coefficient (Wildman–Crippen LogP) is 1.81. The van der Waals surface area contributed by atoms with E-state index >= 15 is 0 Å². The fourth-order valence-corrected chi connectivity index (χ4v) is 3.08. The van der Waals surface area contributed by atoms with E-state index in [1.807, 2.05) is 38.1 Å². The molecular formula is C15H23ClN2O2. The zero-order chi connectivity index (χ0) is 14.8. The molecule has 1 aromatic rings. The van der Waals surface area contributed by atoms with E-state index in [-0.39, 0.29) is 24.4 Å². The van der Waals surface area contributed by atoms with Crippen molar-refractivity contribution in [3.05, 3.63) is 34.9 Å². The van der Waals surface area contributed by atoms with Gasteiger partial charge in [-0.3, -0.25) is 4.90 Å². The van der Waals surface area contributed by atoms with Gasteiger partial charge in [0.15, 0.2) is 0 Å². The first-order valence-corrected chi connectivity index (χ1v) is 7.31. The van der Waals surface area contributed by atoms with Gasteiger partial charge in [-0.15, -0.1) is 0 Å². The second-order valence-electron chi connectivity index (χ2n) is 5.92. The van der Waals surface area contributed by atoms with Gasteiger partial charge in [-0.25, -0.2) is 0 Å². The van der Waals surface area contributed by atoms with Crippen LogP contribution in [0, 0.1) is 0 Å². The summed E-state index contributed by atoms with van der Waals surface area (Å²) in [6, 6.07) is 7.88. The number of benzene rings is 1. The molecule has 1 saturated heterocycles. The normalized spacial score (nSPS) is 24.6. The number of ether oxygens (including phenoxy) is 1. The first-order valence-electron chi connectivity index (χ1n) is 6.93. The lowest BCUT2D eigenvalue weighted by atomic mass is 9.99. The molecule has 1 heterocycles.